The first-order valence-electron chi connectivity index (χ1n) is 7.97. The molecule has 1 heterocycles. The van der Waals surface area contributed by atoms with E-state index in [1.165, 1.54) is 0 Å². The molecule has 1 atom stereocenters. The Kier molecular flexibility index (Phi) is 4.83. The summed E-state index contributed by atoms with van der Waals surface area (Å²) in [6.07, 6.45) is 0. The molecule has 3 amide bonds. The summed E-state index contributed by atoms with van der Waals surface area (Å²) in [5.41, 5.74) is 0.000707. The van der Waals surface area contributed by atoms with Crippen molar-refractivity contribution in [3.63, 3.8) is 0 Å². The van der Waals surface area contributed by atoms with E-state index in [-0.39, 0.29) is 19.1 Å². The topological polar surface area (TPSA) is 82.4 Å². The van der Waals surface area contributed by atoms with E-state index in [0.29, 0.717) is 21.9 Å². The van der Waals surface area contributed by atoms with Gasteiger partial charge in [-0.25, -0.2) is 4.79 Å². The predicted octanol–water partition coefficient (Wildman–Crippen LogP) is 3.06. The summed E-state index contributed by atoms with van der Waals surface area (Å²) < 4.78 is 5.55. The van der Waals surface area contributed by atoms with Crippen molar-refractivity contribution in [1.29, 1.82) is 5.26 Å². The molecule has 0 bridgehead atoms. The fraction of sp³-hybridized carbons (Fsp3) is 0.211. The second kappa shape index (κ2) is 7.06. The lowest BCUT2D eigenvalue weighted by atomic mass is 9.92. The molecule has 3 rings (SSSR count). The van der Waals surface area contributed by atoms with E-state index in [4.69, 9.17) is 21.6 Å². The predicted molar refractivity (Wildman–Crippen MR) is 95.7 cm³/mol. The van der Waals surface area contributed by atoms with Gasteiger partial charge in [0.2, 0.25) is 0 Å². The summed E-state index contributed by atoms with van der Waals surface area (Å²) in [6.45, 7) is 1.89. The van der Waals surface area contributed by atoms with Crippen LogP contribution in [0, 0.1) is 11.3 Å². The van der Waals surface area contributed by atoms with Crippen LogP contribution in [0.25, 0.3) is 0 Å². The number of nitrogens with one attached hydrogen (secondary N) is 1. The zero-order chi connectivity index (χ0) is 18.7. The molecule has 1 unspecified atom stereocenters. The van der Waals surface area contributed by atoms with E-state index in [1.54, 1.807) is 55.5 Å². The normalized spacial score (nSPS) is 19.2. The number of rotatable bonds is 5. The molecular formula is C19H16ClN3O3. The molecule has 1 N–H and O–H groups in total. The maximum atomic E-state index is 12.8. The summed E-state index contributed by atoms with van der Waals surface area (Å²) in [7, 11) is 0. The van der Waals surface area contributed by atoms with E-state index in [2.05, 4.69) is 5.32 Å². The number of carbonyl (C=O) groups excluding carboxylic acids is 2. The average Bonchev–Trinajstić information content (AvgIpc) is 2.86. The molecule has 0 spiro atoms. The summed E-state index contributed by atoms with van der Waals surface area (Å²) in [5, 5.41) is 12.2. The Balaban J connectivity index is 1.67. The lowest BCUT2D eigenvalue weighted by Gasteiger charge is -2.22. The fourth-order valence-electron chi connectivity index (χ4n) is 2.79. The molecule has 7 heteroatoms. The van der Waals surface area contributed by atoms with Crippen LogP contribution in [0.5, 0.6) is 5.75 Å². The van der Waals surface area contributed by atoms with Crippen LogP contribution in [0.3, 0.4) is 0 Å². The molecule has 1 aliphatic rings. The molecule has 6 nitrogen and oxygen atoms in total. The number of carbonyl (C=O) groups is 2. The minimum absolute atomic E-state index is 0.102. The zero-order valence-corrected chi connectivity index (χ0v) is 14.8. The monoisotopic (exact) mass is 369 g/mol. The van der Waals surface area contributed by atoms with Gasteiger partial charge in [0, 0.05) is 5.02 Å². The Morgan fingerprint density at radius 1 is 1.23 bits per heavy atom. The number of halogens is 1. The molecule has 1 fully saturated rings. The lowest BCUT2D eigenvalue weighted by molar-refractivity contribution is -0.131. The van der Waals surface area contributed by atoms with Gasteiger partial charge >= 0.3 is 6.03 Å². The van der Waals surface area contributed by atoms with Crippen LogP contribution in [-0.2, 0) is 10.3 Å². The van der Waals surface area contributed by atoms with E-state index in [0.717, 1.165) is 4.90 Å². The van der Waals surface area contributed by atoms with Gasteiger partial charge in [-0.3, -0.25) is 9.69 Å². The molecule has 0 saturated carbocycles. The van der Waals surface area contributed by atoms with E-state index in [1.807, 2.05) is 6.07 Å². The smallest absolute Gasteiger partial charge is 0.325 e. The molecule has 1 aliphatic heterocycles. The third-order valence-electron chi connectivity index (χ3n) is 4.24. The van der Waals surface area contributed by atoms with Gasteiger partial charge in [0.25, 0.3) is 5.91 Å². The van der Waals surface area contributed by atoms with Crippen LogP contribution in [-0.4, -0.2) is 30.0 Å². The quantitative estimate of drug-likeness (QED) is 0.821. The van der Waals surface area contributed by atoms with Crippen molar-refractivity contribution in [1.82, 2.24) is 10.2 Å². The van der Waals surface area contributed by atoms with Crippen molar-refractivity contribution >= 4 is 23.5 Å². The summed E-state index contributed by atoms with van der Waals surface area (Å²) in [6, 6.07) is 15.0. The Hall–Kier alpha value is -3.04. The first-order chi connectivity index (χ1) is 12.4. The zero-order valence-electron chi connectivity index (χ0n) is 14.0. The van der Waals surface area contributed by atoms with Crippen LogP contribution in [0.2, 0.25) is 5.02 Å². The number of urea groups is 1. The Morgan fingerprint density at radius 2 is 1.96 bits per heavy atom. The van der Waals surface area contributed by atoms with Gasteiger partial charge in [-0.2, -0.15) is 5.26 Å². The fourth-order valence-corrected chi connectivity index (χ4v) is 2.92. The Bertz CT molecular complexity index is 892. The highest BCUT2D eigenvalue weighted by molar-refractivity contribution is 6.30. The van der Waals surface area contributed by atoms with Gasteiger partial charge in [0.05, 0.1) is 18.2 Å². The number of hydrogen-bond donors (Lipinski definition) is 1. The molecule has 0 aromatic heterocycles. The van der Waals surface area contributed by atoms with Gasteiger partial charge < -0.3 is 10.1 Å². The summed E-state index contributed by atoms with van der Waals surface area (Å²) in [4.78, 5) is 26.2. The molecule has 2 aromatic carbocycles. The standard InChI is InChI=1S/C19H16ClN3O3/c1-19(14-5-7-15(20)8-6-14)17(24)23(18(25)22-19)9-10-26-16-4-2-3-13(11-16)12-21/h2-8,11H,9-10H2,1H3,(H,22,25). The van der Waals surface area contributed by atoms with Crippen molar-refractivity contribution in [3.8, 4) is 11.8 Å². The number of nitriles is 1. The number of nitrogens with zero attached hydrogens (tertiary/aromatic N) is 2. The second-order valence-corrected chi connectivity index (χ2v) is 6.44. The molecule has 0 radical (unpaired) electrons. The van der Waals surface area contributed by atoms with Gasteiger partial charge in [0.1, 0.15) is 17.9 Å². The van der Waals surface area contributed by atoms with Crippen LogP contribution < -0.4 is 10.1 Å². The number of hydrogen-bond acceptors (Lipinski definition) is 4. The van der Waals surface area contributed by atoms with Crippen molar-refractivity contribution < 1.29 is 14.3 Å². The van der Waals surface area contributed by atoms with Gasteiger partial charge in [-0.1, -0.05) is 29.8 Å². The lowest BCUT2D eigenvalue weighted by Crippen LogP contribution is -2.41. The highest BCUT2D eigenvalue weighted by Gasteiger charge is 2.48. The number of ether oxygens (including phenoxy) is 1. The summed E-state index contributed by atoms with van der Waals surface area (Å²) in [5.74, 6) is 0.163. The number of amides is 3. The van der Waals surface area contributed by atoms with Crippen LogP contribution in [0.1, 0.15) is 18.1 Å². The molecule has 2 aromatic rings. The van der Waals surface area contributed by atoms with Crippen molar-refractivity contribution in [3.05, 3.63) is 64.7 Å². The molecule has 132 valence electrons. The first kappa shape index (κ1) is 17.8. The first-order valence-corrected chi connectivity index (χ1v) is 8.35. The van der Waals surface area contributed by atoms with E-state index >= 15 is 0 Å². The van der Waals surface area contributed by atoms with Crippen LogP contribution in [0.15, 0.2) is 48.5 Å². The van der Waals surface area contributed by atoms with Gasteiger partial charge in [0.15, 0.2) is 0 Å². The molecule has 26 heavy (non-hydrogen) atoms. The van der Waals surface area contributed by atoms with Crippen molar-refractivity contribution in [2.75, 3.05) is 13.2 Å². The highest BCUT2D eigenvalue weighted by Crippen LogP contribution is 2.29. The highest BCUT2D eigenvalue weighted by atomic mass is 35.5. The minimum Gasteiger partial charge on any atom is -0.492 e. The SMILES string of the molecule is CC1(c2ccc(Cl)cc2)NC(=O)N(CCOc2cccc(C#N)c2)C1=O. The molecule has 1 saturated heterocycles. The maximum absolute atomic E-state index is 12.8. The van der Waals surface area contributed by atoms with E-state index < -0.39 is 11.6 Å². The summed E-state index contributed by atoms with van der Waals surface area (Å²) >= 11 is 5.89. The third-order valence-corrected chi connectivity index (χ3v) is 4.50. The van der Waals surface area contributed by atoms with Gasteiger partial charge in [-0.15, -0.1) is 0 Å². The second-order valence-electron chi connectivity index (χ2n) is 6.01. The Morgan fingerprint density at radius 3 is 2.65 bits per heavy atom. The van der Waals surface area contributed by atoms with Crippen molar-refractivity contribution in [2.45, 2.75) is 12.5 Å². The van der Waals surface area contributed by atoms with Crippen LogP contribution in [0.4, 0.5) is 4.79 Å². The Labute approximate surface area is 155 Å². The minimum atomic E-state index is -1.14. The number of imide groups is 1. The molecule has 0 aliphatic carbocycles. The van der Waals surface area contributed by atoms with Gasteiger partial charge in [-0.05, 0) is 42.8 Å². The number of benzene rings is 2. The largest absolute Gasteiger partial charge is 0.492 e. The van der Waals surface area contributed by atoms with Crippen LogP contribution >= 0.6 is 11.6 Å². The molecular weight excluding hydrogens is 354 g/mol. The van der Waals surface area contributed by atoms with Crippen molar-refractivity contribution in [2.24, 2.45) is 0 Å². The average molecular weight is 370 g/mol. The van der Waals surface area contributed by atoms with E-state index in [9.17, 15) is 9.59 Å². The third kappa shape index (κ3) is 3.35. The maximum Gasteiger partial charge on any atom is 0.325 e.